The summed E-state index contributed by atoms with van der Waals surface area (Å²) in [5.41, 5.74) is 3.80. The zero-order valence-electron chi connectivity index (χ0n) is 14.2. The number of rotatable bonds is 4. The van der Waals surface area contributed by atoms with Crippen molar-refractivity contribution >= 4 is 28.0 Å². The van der Waals surface area contributed by atoms with Crippen molar-refractivity contribution < 1.29 is 4.79 Å². The molecule has 1 saturated heterocycles. The van der Waals surface area contributed by atoms with Gasteiger partial charge in [0.25, 0.3) is 0 Å². The zero-order valence-corrected chi connectivity index (χ0v) is 15.0. The Balaban J connectivity index is 1.54. The Morgan fingerprint density at radius 1 is 1.28 bits per heavy atom. The van der Waals surface area contributed by atoms with Crippen molar-refractivity contribution in [2.75, 3.05) is 20.1 Å². The maximum atomic E-state index is 12.6. The smallest absolute Gasteiger partial charge is 0.143 e. The van der Waals surface area contributed by atoms with Crippen LogP contribution in [0, 0.1) is 5.92 Å². The van der Waals surface area contributed by atoms with E-state index in [9.17, 15) is 4.79 Å². The Morgan fingerprint density at radius 2 is 2.12 bits per heavy atom. The molecule has 0 amide bonds. The number of benzene rings is 1. The van der Waals surface area contributed by atoms with Crippen LogP contribution in [-0.2, 0) is 11.2 Å². The van der Waals surface area contributed by atoms with Gasteiger partial charge in [0.2, 0.25) is 0 Å². The van der Waals surface area contributed by atoms with E-state index in [4.69, 9.17) is 0 Å². The molecule has 6 heteroatoms. The monoisotopic (exact) mass is 352 g/mol. The number of carbonyl (C=O) groups is 1. The molecule has 3 aromatic rings. The van der Waals surface area contributed by atoms with E-state index in [0.717, 1.165) is 47.3 Å². The van der Waals surface area contributed by atoms with Crippen molar-refractivity contribution in [3.8, 4) is 10.4 Å². The normalized spacial score (nSPS) is 16.4. The summed E-state index contributed by atoms with van der Waals surface area (Å²) in [6.45, 7) is 1.99. The molecule has 0 aliphatic carbocycles. The van der Waals surface area contributed by atoms with Gasteiger partial charge in [-0.3, -0.25) is 9.78 Å². The first kappa shape index (κ1) is 16.3. The maximum absolute atomic E-state index is 12.6. The van der Waals surface area contributed by atoms with E-state index >= 15 is 0 Å². The van der Waals surface area contributed by atoms with Gasteiger partial charge in [-0.1, -0.05) is 12.1 Å². The summed E-state index contributed by atoms with van der Waals surface area (Å²) in [4.78, 5) is 29.1. The molecule has 0 spiro atoms. The lowest BCUT2D eigenvalue weighted by molar-refractivity contribution is -0.123. The van der Waals surface area contributed by atoms with Gasteiger partial charge < -0.3 is 4.90 Å². The molecule has 1 aromatic carbocycles. The standard InChI is InChI=1S/C19H20N4OS/c1-23-6-4-13(5-7-23)17(24)9-19-21-10-15-3-2-14(8-16(15)22-19)18-11-20-12-25-18/h2-3,8,10-13H,4-7,9H2,1H3. The van der Waals surface area contributed by atoms with Gasteiger partial charge in [-0.05, 0) is 44.6 Å². The van der Waals surface area contributed by atoms with Gasteiger partial charge in [0.15, 0.2) is 0 Å². The average molecular weight is 352 g/mol. The number of hydrogen-bond acceptors (Lipinski definition) is 6. The molecule has 0 saturated carbocycles. The Labute approximate surface area is 150 Å². The fourth-order valence-electron chi connectivity index (χ4n) is 3.29. The number of hydrogen-bond donors (Lipinski definition) is 0. The van der Waals surface area contributed by atoms with Crippen LogP contribution in [0.5, 0.6) is 0 Å². The molecule has 25 heavy (non-hydrogen) atoms. The van der Waals surface area contributed by atoms with Crippen LogP contribution in [0.1, 0.15) is 18.7 Å². The summed E-state index contributed by atoms with van der Waals surface area (Å²) >= 11 is 1.61. The second-order valence-electron chi connectivity index (χ2n) is 6.65. The first-order valence-corrected chi connectivity index (χ1v) is 9.43. The molecule has 5 nitrogen and oxygen atoms in total. The molecular weight excluding hydrogens is 332 g/mol. The van der Waals surface area contributed by atoms with Crippen LogP contribution in [-0.4, -0.2) is 45.8 Å². The largest absolute Gasteiger partial charge is 0.306 e. The molecule has 3 heterocycles. The van der Waals surface area contributed by atoms with E-state index in [0.29, 0.717) is 12.2 Å². The first-order valence-electron chi connectivity index (χ1n) is 8.55. The summed E-state index contributed by atoms with van der Waals surface area (Å²) in [5.74, 6) is 1.04. The summed E-state index contributed by atoms with van der Waals surface area (Å²) in [5, 5.41) is 0.990. The van der Waals surface area contributed by atoms with Gasteiger partial charge in [0, 0.05) is 23.7 Å². The fraction of sp³-hybridized carbons (Fsp3) is 0.368. The SMILES string of the molecule is CN1CCC(C(=O)Cc2ncc3ccc(-c4cncs4)cc3n2)CC1. The average Bonchev–Trinajstić information content (AvgIpc) is 3.16. The zero-order chi connectivity index (χ0) is 17.2. The third kappa shape index (κ3) is 3.60. The van der Waals surface area contributed by atoms with Gasteiger partial charge in [-0.25, -0.2) is 9.97 Å². The van der Waals surface area contributed by atoms with E-state index in [-0.39, 0.29) is 11.7 Å². The van der Waals surface area contributed by atoms with Gasteiger partial charge in [-0.2, -0.15) is 0 Å². The van der Waals surface area contributed by atoms with E-state index in [2.05, 4.69) is 33.0 Å². The maximum Gasteiger partial charge on any atom is 0.143 e. The lowest BCUT2D eigenvalue weighted by Crippen LogP contribution is -2.34. The molecule has 0 radical (unpaired) electrons. The van der Waals surface area contributed by atoms with E-state index in [1.165, 1.54) is 0 Å². The molecule has 1 aliphatic heterocycles. The summed E-state index contributed by atoms with van der Waals surface area (Å²) in [7, 11) is 2.10. The second-order valence-corrected chi connectivity index (χ2v) is 7.53. The number of likely N-dealkylation sites (tertiary alicyclic amines) is 1. The Hall–Kier alpha value is -2.18. The highest BCUT2D eigenvalue weighted by Crippen LogP contribution is 2.26. The number of ketones is 1. The topological polar surface area (TPSA) is 59.0 Å². The van der Waals surface area contributed by atoms with Crippen molar-refractivity contribution in [2.24, 2.45) is 5.92 Å². The van der Waals surface area contributed by atoms with Gasteiger partial charge in [0.05, 0.1) is 22.3 Å². The van der Waals surface area contributed by atoms with Crippen LogP contribution in [0.25, 0.3) is 21.3 Å². The number of fused-ring (bicyclic) bond motifs is 1. The highest BCUT2D eigenvalue weighted by Gasteiger charge is 2.24. The molecule has 0 N–H and O–H groups in total. The molecule has 2 aromatic heterocycles. The Morgan fingerprint density at radius 3 is 2.88 bits per heavy atom. The highest BCUT2D eigenvalue weighted by molar-refractivity contribution is 7.13. The molecule has 4 rings (SSSR count). The van der Waals surface area contributed by atoms with Gasteiger partial charge in [0.1, 0.15) is 11.6 Å². The highest BCUT2D eigenvalue weighted by atomic mass is 32.1. The van der Waals surface area contributed by atoms with E-state index < -0.39 is 0 Å². The molecule has 0 bridgehead atoms. The molecule has 1 fully saturated rings. The Kier molecular flexibility index (Phi) is 4.55. The number of thiazole rings is 1. The second kappa shape index (κ2) is 6.98. The molecule has 0 atom stereocenters. The predicted molar refractivity (Wildman–Crippen MR) is 99.6 cm³/mol. The fourth-order valence-corrected chi connectivity index (χ4v) is 3.91. The number of Topliss-reactive ketones (excluding diaryl/α,β-unsaturated/α-hetero) is 1. The van der Waals surface area contributed by atoms with Crippen LogP contribution in [0.4, 0.5) is 0 Å². The third-order valence-electron chi connectivity index (χ3n) is 4.86. The third-order valence-corrected chi connectivity index (χ3v) is 5.68. The van der Waals surface area contributed by atoms with Crippen LogP contribution in [0.3, 0.4) is 0 Å². The summed E-state index contributed by atoms with van der Waals surface area (Å²) in [6, 6.07) is 6.13. The van der Waals surface area contributed by atoms with Crippen molar-refractivity contribution in [3.05, 3.63) is 41.9 Å². The minimum atomic E-state index is 0.152. The number of aromatic nitrogens is 3. The lowest BCUT2D eigenvalue weighted by atomic mass is 9.91. The van der Waals surface area contributed by atoms with Crippen molar-refractivity contribution in [3.63, 3.8) is 0 Å². The number of piperidine rings is 1. The lowest BCUT2D eigenvalue weighted by Gasteiger charge is -2.27. The molecular formula is C19H20N4OS. The van der Waals surface area contributed by atoms with Gasteiger partial charge >= 0.3 is 0 Å². The van der Waals surface area contributed by atoms with Crippen molar-refractivity contribution in [2.45, 2.75) is 19.3 Å². The summed E-state index contributed by atoms with van der Waals surface area (Å²) in [6.07, 6.45) is 5.89. The minimum absolute atomic E-state index is 0.152. The van der Waals surface area contributed by atoms with Crippen molar-refractivity contribution in [1.82, 2.24) is 19.9 Å². The van der Waals surface area contributed by atoms with Crippen molar-refractivity contribution in [1.29, 1.82) is 0 Å². The first-order chi connectivity index (χ1) is 12.2. The number of nitrogens with zero attached hydrogens (tertiary/aromatic N) is 4. The van der Waals surface area contributed by atoms with Crippen LogP contribution in [0.2, 0.25) is 0 Å². The summed E-state index contributed by atoms with van der Waals surface area (Å²) < 4.78 is 0. The number of carbonyl (C=O) groups excluding carboxylic acids is 1. The minimum Gasteiger partial charge on any atom is -0.306 e. The van der Waals surface area contributed by atoms with Gasteiger partial charge in [-0.15, -0.1) is 11.3 Å². The molecule has 0 unspecified atom stereocenters. The van der Waals surface area contributed by atoms with E-state index in [1.807, 2.05) is 30.0 Å². The van der Waals surface area contributed by atoms with Crippen LogP contribution >= 0.6 is 11.3 Å². The van der Waals surface area contributed by atoms with E-state index in [1.54, 1.807) is 11.3 Å². The molecule has 1 aliphatic rings. The Bertz CT molecular complexity index is 886. The van der Waals surface area contributed by atoms with Crippen LogP contribution in [0.15, 0.2) is 36.1 Å². The van der Waals surface area contributed by atoms with Crippen LogP contribution < -0.4 is 0 Å². The quantitative estimate of drug-likeness (QED) is 0.722. The predicted octanol–water partition coefficient (Wildman–Crippen LogP) is 3.21. The molecule has 128 valence electrons.